The quantitative estimate of drug-likeness (QED) is 0.735. The summed E-state index contributed by atoms with van der Waals surface area (Å²) in [4.78, 5) is 29.0. The molecule has 0 bridgehead atoms. The summed E-state index contributed by atoms with van der Waals surface area (Å²) in [5, 5.41) is 3.87. The van der Waals surface area contributed by atoms with E-state index in [1.165, 1.54) is 0 Å². The first-order valence-electron chi connectivity index (χ1n) is 8.59. The van der Waals surface area contributed by atoms with Gasteiger partial charge in [0.25, 0.3) is 5.91 Å². The number of carbonyl (C=O) groups excluding carboxylic acids is 2. The molecule has 0 unspecified atom stereocenters. The molecule has 26 heavy (non-hydrogen) atoms. The Bertz CT molecular complexity index is 1010. The molecular formula is C20H19N3O3. The normalized spacial score (nSPS) is 13.8. The summed E-state index contributed by atoms with van der Waals surface area (Å²) in [6.45, 7) is 1.43. The fourth-order valence-corrected chi connectivity index (χ4v) is 3.35. The highest BCUT2D eigenvalue weighted by molar-refractivity contribution is 6.03. The van der Waals surface area contributed by atoms with Crippen molar-refractivity contribution in [2.75, 3.05) is 13.7 Å². The van der Waals surface area contributed by atoms with E-state index in [1.807, 2.05) is 34.9 Å². The molecule has 0 saturated heterocycles. The van der Waals surface area contributed by atoms with E-state index in [0.717, 1.165) is 29.4 Å². The van der Waals surface area contributed by atoms with E-state index in [-0.39, 0.29) is 18.1 Å². The molecule has 1 N–H and O–H groups in total. The van der Waals surface area contributed by atoms with Crippen LogP contribution in [0.2, 0.25) is 0 Å². The Labute approximate surface area is 150 Å². The second-order valence-electron chi connectivity index (χ2n) is 6.37. The van der Waals surface area contributed by atoms with E-state index < -0.39 is 0 Å². The van der Waals surface area contributed by atoms with Crippen LogP contribution in [0.4, 0.5) is 0 Å². The minimum Gasteiger partial charge on any atom is -0.481 e. The lowest BCUT2D eigenvalue weighted by Gasteiger charge is -2.07. The summed E-state index contributed by atoms with van der Waals surface area (Å²) < 4.78 is 7.11. The van der Waals surface area contributed by atoms with Gasteiger partial charge in [-0.05, 0) is 30.2 Å². The Morgan fingerprint density at radius 3 is 3.00 bits per heavy atom. The number of benzene rings is 1. The Balaban J connectivity index is 1.67. The molecule has 2 aromatic heterocycles. The van der Waals surface area contributed by atoms with E-state index in [2.05, 4.69) is 10.3 Å². The van der Waals surface area contributed by atoms with Crippen LogP contribution in [0.5, 0.6) is 5.88 Å². The smallest absolute Gasteiger partial charge is 0.267 e. The van der Waals surface area contributed by atoms with Crippen molar-refractivity contribution in [3.8, 4) is 5.88 Å². The molecule has 6 nitrogen and oxygen atoms in total. The molecule has 0 atom stereocenters. The molecule has 0 radical (unpaired) electrons. The Hall–Kier alpha value is -3.15. The molecule has 3 heterocycles. The standard InChI is InChI=1S/C20H19N3O3/c1-26-19-10-13(5-7-21-19)9-18(24)15-4-3-14-11-17-20(25)22-6-2-8-23(17)16(14)12-15/h3-5,7,10-12H,2,6,8-9H2,1H3,(H,22,25). The average molecular weight is 349 g/mol. The number of hydrogen-bond acceptors (Lipinski definition) is 4. The van der Waals surface area contributed by atoms with Gasteiger partial charge in [0.1, 0.15) is 5.69 Å². The number of nitrogens with zero attached hydrogens (tertiary/aromatic N) is 2. The fraction of sp³-hybridized carbons (Fsp3) is 0.250. The van der Waals surface area contributed by atoms with Crippen LogP contribution in [0, 0.1) is 0 Å². The average Bonchev–Trinajstić information content (AvgIpc) is 2.93. The lowest BCUT2D eigenvalue weighted by atomic mass is 10.0. The molecule has 1 aliphatic heterocycles. The highest BCUT2D eigenvalue weighted by Crippen LogP contribution is 2.24. The number of ether oxygens (including phenoxy) is 1. The van der Waals surface area contributed by atoms with Crippen LogP contribution < -0.4 is 10.1 Å². The Kier molecular flexibility index (Phi) is 4.16. The first kappa shape index (κ1) is 16.3. The van der Waals surface area contributed by atoms with E-state index in [1.54, 1.807) is 19.4 Å². The van der Waals surface area contributed by atoms with Crippen LogP contribution >= 0.6 is 0 Å². The number of fused-ring (bicyclic) bond motifs is 3. The van der Waals surface area contributed by atoms with Crippen molar-refractivity contribution in [1.29, 1.82) is 0 Å². The number of ketones is 1. The van der Waals surface area contributed by atoms with Crippen molar-refractivity contribution in [3.05, 3.63) is 59.4 Å². The van der Waals surface area contributed by atoms with Gasteiger partial charge >= 0.3 is 0 Å². The molecular weight excluding hydrogens is 330 g/mol. The minimum absolute atomic E-state index is 0.0220. The summed E-state index contributed by atoms with van der Waals surface area (Å²) in [7, 11) is 1.55. The van der Waals surface area contributed by atoms with E-state index in [0.29, 0.717) is 23.7 Å². The molecule has 0 fully saturated rings. The summed E-state index contributed by atoms with van der Waals surface area (Å²) in [6.07, 6.45) is 2.78. The summed E-state index contributed by atoms with van der Waals surface area (Å²) in [6, 6.07) is 11.1. The number of carbonyl (C=O) groups is 2. The van der Waals surface area contributed by atoms with Crippen LogP contribution in [-0.4, -0.2) is 34.9 Å². The van der Waals surface area contributed by atoms with E-state index in [9.17, 15) is 9.59 Å². The maximum atomic E-state index is 12.7. The number of aryl methyl sites for hydroxylation is 1. The second-order valence-corrected chi connectivity index (χ2v) is 6.37. The number of amides is 1. The minimum atomic E-state index is -0.0598. The van der Waals surface area contributed by atoms with Gasteiger partial charge in [-0.1, -0.05) is 12.1 Å². The van der Waals surface area contributed by atoms with Gasteiger partial charge in [-0.15, -0.1) is 0 Å². The van der Waals surface area contributed by atoms with E-state index in [4.69, 9.17) is 4.74 Å². The Morgan fingerprint density at radius 1 is 1.27 bits per heavy atom. The maximum Gasteiger partial charge on any atom is 0.267 e. The zero-order valence-corrected chi connectivity index (χ0v) is 14.5. The number of methoxy groups -OCH3 is 1. The summed E-state index contributed by atoms with van der Waals surface area (Å²) in [5.41, 5.74) is 3.07. The molecule has 0 aliphatic carbocycles. The third-order valence-electron chi connectivity index (χ3n) is 4.68. The van der Waals surface area contributed by atoms with Crippen molar-refractivity contribution in [3.63, 3.8) is 0 Å². The van der Waals surface area contributed by atoms with Crippen molar-refractivity contribution in [1.82, 2.24) is 14.9 Å². The van der Waals surface area contributed by atoms with Crippen LogP contribution in [0.25, 0.3) is 10.9 Å². The van der Waals surface area contributed by atoms with Crippen LogP contribution in [0.1, 0.15) is 32.8 Å². The Morgan fingerprint density at radius 2 is 2.15 bits per heavy atom. The largest absolute Gasteiger partial charge is 0.481 e. The first-order chi connectivity index (χ1) is 12.7. The maximum absolute atomic E-state index is 12.7. The molecule has 3 aromatic rings. The van der Waals surface area contributed by atoms with Gasteiger partial charge in [0.15, 0.2) is 5.78 Å². The zero-order chi connectivity index (χ0) is 18.1. The molecule has 0 saturated carbocycles. The lowest BCUT2D eigenvalue weighted by Crippen LogP contribution is -2.22. The number of aromatic nitrogens is 2. The van der Waals surface area contributed by atoms with Gasteiger partial charge in [-0.2, -0.15) is 0 Å². The summed E-state index contributed by atoms with van der Waals surface area (Å²) in [5.74, 6) is 0.456. The second kappa shape index (κ2) is 6.63. The van der Waals surface area contributed by atoms with Crippen LogP contribution in [-0.2, 0) is 13.0 Å². The van der Waals surface area contributed by atoms with Gasteiger partial charge in [-0.3, -0.25) is 9.59 Å². The number of Topliss-reactive ketones (excluding diaryl/α,β-unsaturated/α-hetero) is 1. The van der Waals surface area contributed by atoms with Gasteiger partial charge in [-0.25, -0.2) is 4.98 Å². The number of hydrogen-bond donors (Lipinski definition) is 1. The zero-order valence-electron chi connectivity index (χ0n) is 14.5. The predicted octanol–water partition coefficient (Wildman–Crippen LogP) is 2.60. The number of rotatable bonds is 4. The molecule has 1 aromatic carbocycles. The topological polar surface area (TPSA) is 73.2 Å². The lowest BCUT2D eigenvalue weighted by molar-refractivity contribution is 0.0950. The van der Waals surface area contributed by atoms with Crippen LogP contribution in [0.15, 0.2) is 42.6 Å². The molecule has 4 rings (SSSR count). The van der Waals surface area contributed by atoms with Crippen LogP contribution in [0.3, 0.4) is 0 Å². The highest BCUT2D eigenvalue weighted by atomic mass is 16.5. The molecule has 0 spiro atoms. The van der Waals surface area contributed by atoms with Gasteiger partial charge in [0.2, 0.25) is 5.88 Å². The third kappa shape index (κ3) is 2.94. The molecule has 1 amide bonds. The molecule has 132 valence electrons. The number of pyridine rings is 1. The van der Waals surface area contributed by atoms with Crippen molar-refractivity contribution in [2.24, 2.45) is 0 Å². The fourth-order valence-electron chi connectivity index (χ4n) is 3.35. The van der Waals surface area contributed by atoms with Crippen molar-refractivity contribution in [2.45, 2.75) is 19.4 Å². The SMILES string of the molecule is COc1cc(CC(=O)c2ccc3cc4n(c3c2)CCCNC4=O)ccn1. The molecule has 6 heteroatoms. The van der Waals surface area contributed by atoms with Gasteiger partial charge in [0.05, 0.1) is 7.11 Å². The number of nitrogens with one attached hydrogen (secondary N) is 1. The van der Waals surface area contributed by atoms with E-state index >= 15 is 0 Å². The van der Waals surface area contributed by atoms with Gasteiger partial charge in [0, 0.05) is 48.2 Å². The summed E-state index contributed by atoms with van der Waals surface area (Å²) >= 11 is 0. The monoisotopic (exact) mass is 349 g/mol. The van der Waals surface area contributed by atoms with Gasteiger partial charge < -0.3 is 14.6 Å². The molecule has 1 aliphatic rings. The highest BCUT2D eigenvalue weighted by Gasteiger charge is 2.19. The van der Waals surface area contributed by atoms with Crippen molar-refractivity contribution < 1.29 is 14.3 Å². The predicted molar refractivity (Wildman–Crippen MR) is 97.7 cm³/mol. The first-order valence-corrected chi connectivity index (χ1v) is 8.59. The third-order valence-corrected chi connectivity index (χ3v) is 4.68. The van der Waals surface area contributed by atoms with Crippen molar-refractivity contribution >= 4 is 22.6 Å².